The summed E-state index contributed by atoms with van der Waals surface area (Å²) < 4.78 is 38.9. The Kier molecular flexibility index (Phi) is 5.97. The topological polar surface area (TPSA) is 78.2 Å². The third kappa shape index (κ3) is 4.86. The van der Waals surface area contributed by atoms with Gasteiger partial charge in [0.15, 0.2) is 0 Å². The number of hydrogen-bond acceptors (Lipinski definition) is 4. The lowest BCUT2D eigenvalue weighted by molar-refractivity contribution is 0.423. The predicted molar refractivity (Wildman–Crippen MR) is 113 cm³/mol. The van der Waals surface area contributed by atoms with Crippen LogP contribution in [0.5, 0.6) is 5.75 Å². The number of phenolic OH excluding ortho intramolecular Hbond substituents is 1. The van der Waals surface area contributed by atoms with Crippen LogP contribution in [0.3, 0.4) is 0 Å². The lowest BCUT2D eigenvalue weighted by atomic mass is 9.78. The van der Waals surface area contributed by atoms with Gasteiger partial charge in [0, 0.05) is 11.1 Å². The Hall–Kier alpha value is -2.65. The van der Waals surface area contributed by atoms with Gasteiger partial charge < -0.3 is 5.11 Å². The minimum Gasteiger partial charge on any atom is -0.507 e. The molecule has 0 aliphatic heterocycles. The SMILES string of the molecule is CC(C)(C)c1cc(C=C(C#N)S(=O)(=O)c2ccc(F)cc2)cc(C(C)(C)C)c1O. The molecule has 2 aromatic rings. The van der Waals surface area contributed by atoms with Crippen molar-refractivity contribution in [3.63, 3.8) is 0 Å². The molecule has 0 unspecified atom stereocenters. The molecule has 2 rings (SSSR count). The second-order valence-corrected chi connectivity index (χ2v) is 11.0. The van der Waals surface area contributed by atoms with Crippen molar-refractivity contribution < 1.29 is 17.9 Å². The molecule has 0 aliphatic carbocycles. The van der Waals surface area contributed by atoms with Crippen molar-refractivity contribution in [1.82, 2.24) is 0 Å². The minimum absolute atomic E-state index is 0.155. The average Bonchev–Trinajstić information content (AvgIpc) is 2.58. The van der Waals surface area contributed by atoms with Crippen LogP contribution in [-0.2, 0) is 20.7 Å². The molecular weight excluding hydrogens is 389 g/mol. The van der Waals surface area contributed by atoms with Crippen LogP contribution in [0.15, 0.2) is 46.2 Å². The summed E-state index contributed by atoms with van der Waals surface area (Å²) in [4.78, 5) is -0.605. The molecule has 0 saturated carbocycles. The summed E-state index contributed by atoms with van der Waals surface area (Å²) in [5.74, 6) is -0.392. The highest BCUT2D eigenvalue weighted by molar-refractivity contribution is 7.95. The molecule has 1 N–H and O–H groups in total. The Balaban J connectivity index is 2.73. The van der Waals surface area contributed by atoms with Crippen LogP contribution in [0.4, 0.5) is 4.39 Å². The van der Waals surface area contributed by atoms with E-state index in [-0.39, 0.29) is 10.6 Å². The number of nitriles is 1. The van der Waals surface area contributed by atoms with Gasteiger partial charge >= 0.3 is 0 Å². The first kappa shape index (κ1) is 22.6. The smallest absolute Gasteiger partial charge is 0.216 e. The number of sulfone groups is 1. The van der Waals surface area contributed by atoms with E-state index in [2.05, 4.69) is 0 Å². The highest BCUT2D eigenvalue weighted by Gasteiger charge is 2.27. The highest BCUT2D eigenvalue weighted by Crippen LogP contribution is 2.40. The Morgan fingerprint density at radius 1 is 1.00 bits per heavy atom. The van der Waals surface area contributed by atoms with Gasteiger partial charge in [0.2, 0.25) is 9.84 Å². The first-order valence-electron chi connectivity index (χ1n) is 9.18. The first-order chi connectivity index (χ1) is 13.2. The molecule has 0 aliphatic rings. The summed E-state index contributed by atoms with van der Waals surface area (Å²) in [7, 11) is -4.10. The maximum Gasteiger partial charge on any atom is 0.216 e. The molecule has 154 valence electrons. The van der Waals surface area contributed by atoms with Crippen molar-refractivity contribution in [1.29, 1.82) is 5.26 Å². The van der Waals surface area contributed by atoms with E-state index in [1.54, 1.807) is 18.2 Å². The minimum atomic E-state index is -4.10. The average molecular weight is 416 g/mol. The van der Waals surface area contributed by atoms with Gasteiger partial charge in [0.05, 0.1) is 4.90 Å². The maximum atomic E-state index is 13.2. The molecule has 6 heteroatoms. The van der Waals surface area contributed by atoms with Gasteiger partial charge in [-0.1, -0.05) is 41.5 Å². The Labute approximate surface area is 172 Å². The Morgan fingerprint density at radius 3 is 1.83 bits per heavy atom. The van der Waals surface area contributed by atoms with Crippen LogP contribution < -0.4 is 0 Å². The second kappa shape index (κ2) is 7.64. The summed E-state index contributed by atoms with van der Waals surface area (Å²) in [5, 5.41) is 20.3. The molecule has 0 spiro atoms. The summed E-state index contributed by atoms with van der Waals surface area (Å²) >= 11 is 0. The number of halogens is 1. The van der Waals surface area contributed by atoms with Crippen molar-refractivity contribution in [2.45, 2.75) is 57.3 Å². The molecule has 0 heterocycles. The van der Waals surface area contributed by atoms with E-state index in [1.165, 1.54) is 6.08 Å². The molecule has 0 saturated heterocycles. The van der Waals surface area contributed by atoms with E-state index < -0.39 is 31.4 Å². The third-order valence-corrected chi connectivity index (χ3v) is 6.25. The quantitative estimate of drug-likeness (QED) is 0.533. The van der Waals surface area contributed by atoms with Gasteiger partial charge in [-0.2, -0.15) is 5.26 Å². The molecule has 0 radical (unpaired) electrons. The fraction of sp³-hybridized carbons (Fsp3) is 0.348. The van der Waals surface area contributed by atoms with Gasteiger partial charge in [-0.05, 0) is 58.9 Å². The van der Waals surface area contributed by atoms with Gasteiger partial charge in [0.25, 0.3) is 0 Å². The monoisotopic (exact) mass is 415 g/mol. The summed E-state index contributed by atoms with van der Waals surface area (Å²) in [5.41, 5.74) is 1.04. The van der Waals surface area contributed by atoms with Crippen LogP contribution in [0.25, 0.3) is 6.08 Å². The van der Waals surface area contributed by atoms with Crippen LogP contribution >= 0.6 is 0 Å². The molecular formula is C23H26FNO3S. The van der Waals surface area contributed by atoms with E-state index in [1.807, 2.05) is 41.5 Å². The van der Waals surface area contributed by atoms with Crippen molar-refractivity contribution in [2.75, 3.05) is 0 Å². The largest absolute Gasteiger partial charge is 0.507 e. The molecule has 0 aromatic heterocycles. The number of nitrogens with zero attached hydrogens (tertiary/aromatic N) is 1. The third-order valence-electron chi connectivity index (χ3n) is 4.57. The van der Waals surface area contributed by atoms with Crippen LogP contribution in [0.2, 0.25) is 0 Å². The van der Waals surface area contributed by atoms with Crippen LogP contribution in [-0.4, -0.2) is 13.5 Å². The van der Waals surface area contributed by atoms with Crippen molar-refractivity contribution in [3.05, 3.63) is 63.8 Å². The zero-order valence-corrected chi connectivity index (χ0v) is 18.4. The van der Waals surface area contributed by atoms with Crippen LogP contribution in [0.1, 0.15) is 58.2 Å². The lowest BCUT2D eigenvalue weighted by Crippen LogP contribution is -2.17. The number of allylic oxidation sites excluding steroid dienone is 1. The maximum absolute atomic E-state index is 13.2. The fourth-order valence-corrected chi connectivity index (χ4v) is 4.11. The zero-order chi connectivity index (χ0) is 22.2. The molecule has 0 atom stereocenters. The summed E-state index contributed by atoms with van der Waals surface area (Å²) in [6.07, 6.45) is 1.29. The fourth-order valence-electron chi connectivity index (χ4n) is 2.95. The normalized spacial score (nSPS) is 13.2. The Bertz CT molecular complexity index is 1060. The molecule has 4 nitrogen and oxygen atoms in total. The van der Waals surface area contributed by atoms with E-state index in [9.17, 15) is 23.2 Å². The first-order valence-corrected chi connectivity index (χ1v) is 10.7. The number of hydrogen-bond donors (Lipinski definition) is 1. The van der Waals surface area contributed by atoms with E-state index >= 15 is 0 Å². The van der Waals surface area contributed by atoms with Gasteiger partial charge in [-0.25, -0.2) is 12.8 Å². The zero-order valence-electron chi connectivity index (χ0n) is 17.5. The summed E-state index contributed by atoms with van der Waals surface area (Å²) in [6, 6.07) is 9.49. The number of aromatic hydroxyl groups is 1. The predicted octanol–water partition coefficient (Wildman–Crippen LogP) is 5.46. The van der Waals surface area contributed by atoms with Gasteiger partial charge in [-0.15, -0.1) is 0 Å². The molecule has 29 heavy (non-hydrogen) atoms. The second-order valence-electron chi connectivity index (χ2n) is 9.04. The Morgan fingerprint density at radius 2 is 1.45 bits per heavy atom. The number of benzene rings is 2. The lowest BCUT2D eigenvalue weighted by Gasteiger charge is -2.28. The van der Waals surface area contributed by atoms with Crippen molar-refractivity contribution >= 4 is 15.9 Å². The van der Waals surface area contributed by atoms with Gasteiger partial charge in [-0.3, -0.25) is 0 Å². The molecule has 0 bridgehead atoms. The van der Waals surface area contributed by atoms with Gasteiger partial charge in [0.1, 0.15) is 22.5 Å². The van der Waals surface area contributed by atoms with Crippen molar-refractivity contribution in [3.8, 4) is 11.8 Å². The number of rotatable bonds is 3. The van der Waals surface area contributed by atoms with Crippen molar-refractivity contribution in [2.24, 2.45) is 0 Å². The van der Waals surface area contributed by atoms with Crippen LogP contribution in [0, 0.1) is 17.1 Å². The van der Waals surface area contributed by atoms with E-state index in [4.69, 9.17) is 0 Å². The molecule has 2 aromatic carbocycles. The number of phenols is 1. The summed E-state index contributed by atoms with van der Waals surface area (Å²) in [6.45, 7) is 11.7. The standard InChI is InChI=1S/C23H26FNO3S/c1-22(2,3)19-12-15(13-20(21(19)26)23(4,5)6)11-18(14-25)29(27,28)17-9-7-16(24)8-10-17/h7-13,26H,1-6H3. The van der Waals surface area contributed by atoms with E-state index in [0.717, 1.165) is 24.3 Å². The highest BCUT2D eigenvalue weighted by atomic mass is 32.2. The molecule has 0 fully saturated rings. The van der Waals surface area contributed by atoms with E-state index in [0.29, 0.717) is 16.7 Å². The molecule has 0 amide bonds.